The molecule has 0 aliphatic carbocycles. The number of carbonyl (C=O) groups is 1. The molecule has 0 atom stereocenters. The molecule has 92 valence electrons. The molecular weight excluding hydrogens is 259 g/mol. The van der Waals surface area contributed by atoms with Gasteiger partial charge >= 0.3 is 6.03 Å². The molecule has 2 amide bonds. The quantitative estimate of drug-likeness (QED) is 0.836. The summed E-state index contributed by atoms with van der Waals surface area (Å²) in [5.41, 5.74) is 0.444. The lowest BCUT2D eigenvalue weighted by molar-refractivity contribution is 0.262. The van der Waals surface area contributed by atoms with Crippen molar-refractivity contribution in [3.8, 4) is 0 Å². The molecular formula is C10H7FN4O2S. The molecule has 0 fully saturated rings. The Bertz CT molecular complexity index is 570. The van der Waals surface area contributed by atoms with Crippen molar-refractivity contribution in [3.63, 3.8) is 0 Å². The van der Waals surface area contributed by atoms with E-state index in [1.54, 1.807) is 0 Å². The van der Waals surface area contributed by atoms with Crippen LogP contribution in [0.2, 0.25) is 0 Å². The van der Waals surface area contributed by atoms with Crippen LogP contribution in [0.4, 0.5) is 25.0 Å². The van der Waals surface area contributed by atoms with Crippen LogP contribution in [-0.4, -0.2) is 11.0 Å². The maximum absolute atomic E-state index is 12.6. The van der Waals surface area contributed by atoms with Crippen molar-refractivity contribution < 1.29 is 9.18 Å². The van der Waals surface area contributed by atoms with Crippen LogP contribution in [0.25, 0.3) is 0 Å². The third-order valence-corrected chi connectivity index (χ3v) is 2.70. The summed E-state index contributed by atoms with van der Waals surface area (Å²) in [5, 5.41) is 8.02. The van der Waals surface area contributed by atoms with Gasteiger partial charge in [0.15, 0.2) is 10.1 Å². The van der Waals surface area contributed by atoms with Gasteiger partial charge in [-0.2, -0.15) is 0 Å². The van der Waals surface area contributed by atoms with Crippen molar-refractivity contribution >= 4 is 33.2 Å². The third kappa shape index (κ3) is 3.08. The van der Waals surface area contributed by atoms with Gasteiger partial charge in [0.05, 0.1) is 6.20 Å². The molecule has 0 bridgehead atoms. The number of benzene rings is 1. The van der Waals surface area contributed by atoms with Crippen LogP contribution >= 0.6 is 11.3 Å². The van der Waals surface area contributed by atoms with Crippen molar-refractivity contribution in [2.24, 2.45) is 5.18 Å². The van der Waals surface area contributed by atoms with E-state index in [-0.39, 0.29) is 15.9 Å². The first-order valence-electron chi connectivity index (χ1n) is 4.80. The van der Waals surface area contributed by atoms with E-state index in [9.17, 15) is 14.1 Å². The molecule has 2 N–H and O–H groups in total. The van der Waals surface area contributed by atoms with Crippen molar-refractivity contribution in [2.75, 3.05) is 10.6 Å². The maximum atomic E-state index is 12.6. The van der Waals surface area contributed by atoms with Crippen LogP contribution < -0.4 is 10.6 Å². The van der Waals surface area contributed by atoms with Crippen molar-refractivity contribution in [1.29, 1.82) is 0 Å². The van der Waals surface area contributed by atoms with Crippen LogP contribution in [0.15, 0.2) is 35.6 Å². The van der Waals surface area contributed by atoms with Gasteiger partial charge in [0.2, 0.25) is 0 Å². The molecule has 8 heteroatoms. The second-order valence-corrected chi connectivity index (χ2v) is 4.19. The number of urea groups is 1. The van der Waals surface area contributed by atoms with Gasteiger partial charge in [-0.05, 0) is 29.4 Å². The minimum Gasteiger partial charge on any atom is -0.308 e. The highest BCUT2D eigenvalue weighted by atomic mass is 32.1. The van der Waals surface area contributed by atoms with Gasteiger partial charge in [0, 0.05) is 5.69 Å². The topological polar surface area (TPSA) is 83.5 Å². The van der Waals surface area contributed by atoms with Crippen molar-refractivity contribution in [2.45, 2.75) is 0 Å². The fraction of sp³-hybridized carbons (Fsp3) is 0. The molecule has 1 aromatic carbocycles. The molecule has 6 nitrogen and oxygen atoms in total. The zero-order chi connectivity index (χ0) is 13.0. The summed E-state index contributed by atoms with van der Waals surface area (Å²) >= 11 is 0.952. The lowest BCUT2D eigenvalue weighted by Crippen LogP contribution is -2.19. The second-order valence-electron chi connectivity index (χ2n) is 3.18. The number of amides is 2. The molecule has 1 aromatic heterocycles. The highest BCUT2D eigenvalue weighted by Crippen LogP contribution is 2.25. The van der Waals surface area contributed by atoms with E-state index in [1.807, 2.05) is 0 Å². The molecule has 0 saturated carbocycles. The lowest BCUT2D eigenvalue weighted by Gasteiger charge is -2.04. The van der Waals surface area contributed by atoms with Gasteiger partial charge < -0.3 is 5.32 Å². The second kappa shape index (κ2) is 5.32. The standard InChI is InChI=1S/C10H7FN4O2S/c11-6-1-3-7(4-2-6)13-9(16)14-10-12-5-8(15-17)18-10/h1-5H,(H2,12,13,14,16). The number of nitrogens with one attached hydrogen (secondary N) is 2. The molecule has 2 aromatic rings. The minimum absolute atomic E-state index is 0.173. The van der Waals surface area contributed by atoms with E-state index in [0.717, 1.165) is 11.3 Å². The van der Waals surface area contributed by atoms with E-state index >= 15 is 0 Å². The number of hydrogen-bond donors (Lipinski definition) is 2. The monoisotopic (exact) mass is 266 g/mol. The highest BCUT2D eigenvalue weighted by Gasteiger charge is 2.06. The number of nitroso groups, excluding NO2 is 1. The Kier molecular flexibility index (Phi) is 3.58. The number of carbonyl (C=O) groups excluding carboxylic acids is 1. The summed E-state index contributed by atoms with van der Waals surface area (Å²) in [4.78, 5) is 25.5. The van der Waals surface area contributed by atoms with Crippen LogP contribution in [0.5, 0.6) is 0 Å². The Labute approximate surface area is 105 Å². The zero-order valence-electron chi connectivity index (χ0n) is 8.88. The van der Waals surface area contributed by atoms with E-state index in [4.69, 9.17) is 0 Å². The molecule has 0 saturated heterocycles. The van der Waals surface area contributed by atoms with E-state index in [1.165, 1.54) is 30.5 Å². The first-order valence-corrected chi connectivity index (χ1v) is 5.62. The van der Waals surface area contributed by atoms with E-state index in [2.05, 4.69) is 20.8 Å². The largest absolute Gasteiger partial charge is 0.325 e. The van der Waals surface area contributed by atoms with Gasteiger partial charge in [-0.3, -0.25) is 5.32 Å². The number of thiazole rings is 1. The summed E-state index contributed by atoms with van der Waals surface area (Å²) in [6.45, 7) is 0. The predicted molar refractivity (Wildman–Crippen MR) is 66.6 cm³/mol. The lowest BCUT2D eigenvalue weighted by atomic mass is 10.3. The fourth-order valence-corrected chi connectivity index (χ4v) is 1.75. The SMILES string of the molecule is O=Nc1cnc(NC(=O)Nc2ccc(F)cc2)s1. The van der Waals surface area contributed by atoms with Gasteiger partial charge in [-0.15, -0.1) is 4.91 Å². The normalized spacial score (nSPS) is 9.83. The van der Waals surface area contributed by atoms with Crippen LogP contribution in [0.1, 0.15) is 0 Å². The molecule has 2 rings (SSSR count). The molecule has 0 spiro atoms. The first kappa shape index (κ1) is 12.1. The third-order valence-electron chi connectivity index (χ3n) is 1.91. The summed E-state index contributed by atoms with van der Waals surface area (Å²) in [5.74, 6) is -0.386. The minimum atomic E-state index is -0.534. The van der Waals surface area contributed by atoms with Crippen LogP contribution in [0, 0.1) is 10.7 Å². The molecule has 0 radical (unpaired) electrons. The number of rotatable bonds is 3. The Morgan fingerprint density at radius 1 is 1.28 bits per heavy atom. The summed E-state index contributed by atoms with van der Waals surface area (Å²) < 4.78 is 12.6. The Balaban J connectivity index is 1.96. The number of nitrogens with zero attached hydrogens (tertiary/aromatic N) is 2. The van der Waals surface area contributed by atoms with E-state index in [0.29, 0.717) is 5.69 Å². The number of anilines is 2. The molecule has 0 aliphatic rings. The highest BCUT2D eigenvalue weighted by molar-refractivity contribution is 7.19. The first-order chi connectivity index (χ1) is 8.67. The number of halogens is 1. The van der Waals surface area contributed by atoms with Crippen LogP contribution in [-0.2, 0) is 0 Å². The van der Waals surface area contributed by atoms with Gasteiger partial charge in [0.25, 0.3) is 0 Å². The molecule has 0 unspecified atom stereocenters. The maximum Gasteiger partial charge on any atom is 0.325 e. The summed E-state index contributed by atoms with van der Waals surface area (Å²) in [6, 6.07) is 4.78. The predicted octanol–water partition coefficient (Wildman–Crippen LogP) is 3.32. The zero-order valence-corrected chi connectivity index (χ0v) is 9.70. The molecule has 1 heterocycles. The number of hydrogen-bond acceptors (Lipinski definition) is 5. The Hall–Kier alpha value is -2.35. The average Bonchev–Trinajstić information content (AvgIpc) is 2.79. The Morgan fingerprint density at radius 3 is 2.61 bits per heavy atom. The van der Waals surface area contributed by atoms with Gasteiger partial charge in [-0.1, -0.05) is 11.3 Å². The van der Waals surface area contributed by atoms with Crippen molar-refractivity contribution in [1.82, 2.24) is 4.98 Å². The van der Waals surface area contributed by atoms with Crippen LogP contribution in [0.3, 0.4) is 0 Å². The van der Waals surface area contributed by atoms with Gasteiger partial charge in [-0.25, -0.2) is 14.2 Å². The van der Waals surface area contributed by atoms with Gasteiger partial charge in [0.1, 0.15) is 5.82 Å². The summed E-state index contributed by atoms with van der Waals surface area (Å²) in [6.07, 6.45) is 1.26. The fourth-order valence-electron chi connectivity index (χ4n) is 1.16. The molecule has 18 heavy (non-hydrogen) atoms. The number of aromatic nitrogens is 1. The Morgan fingerprint density at radius 2 is 2.00 bits per heavy atom. The molecule has 0 aliphatic heterocycles. The van der Waals surface area contributed by atoms with E-state index < -0.39 is 6.03 Å². The average molecular weight is 266 g/mol. The summed E-state index contributed by atoms with van der Waals surface area (Å²) in [7, 11) is 0. The smallest absolute Gasteiger partial charge is 0.308 e. The van der Waals surface area contributed by atoms with Crippen molar-refractivity contribution in [3.05, 3.63) is 41.2 Å².